The predicted molar refractivity (Wildman–Crippen MR) is 86.4 cm³/mol. The third kappa shape index (κ3) is 4.17. The van der Waals surface area contributed by atoms with Gasteiger partial charge < -0.3 is 0 Å². The van der Waals surface area contributed by atoms with Crippen molar-refractivity contribution in [2.45, 2.75) is 37.0 Å². The van der Waals surface area contributed by atoms with E-state index in [4.69, 9.17) is 0 Å². The topological polar surface area (TPSA) is 80.1 Å². The van der Waals surface area contributed by atoms with Gasteiger partial charge in [0, 0.05) is 17.5 Å². The van der Waals surface area contributed by atoms with Crippen molar-refractivity contribution >= 4 is 15.7 Å². The van der Waals surface area contributed by atoms with Gasteiger partial charge in [-0.15, -0.1) is 6.58 Å². The summed E-state index contributed by atoms with van der Waals surface area (Å²) in [6, 6.07) is 5.73. The molecule has 126 valence electrons. The summed E-state index contributed by atoms with van der Waals surface area (Å²) in [5, 5.41) is 0. The van der Waals surface area contributed by atoms with E-state index < -0.39 is 10.0 Å². The lowest BCUT2D eigenvalue weighted by Crippen LogP contribution is -2.89. The van der Waals surface area contributed by atoms with Crippen molar-refractivity contribution in [3.8, 4) is 0 Å². The predicted octanol–water partition coefficient (Wildman–Crippen LogP) is 2.05. The smallest absolute Gasteiger partial charge is 0.236 e. The third-order valence-corrected chi connectivity index (χ3v) is 6.05. The van der Waals surface area contributed by atoms with Crippen LogP contribution in [0.1, 0.15) is 32.1 Å². The molecule has 1 aromatic rings. The summed E-state index contributed by atoms with van der Waals surface area (Å²) in [5.41, 5.74) is 0.293. The Bertz CT molecular complexity index is 662. The Morgan fingerprint density at radius 2 is 1.91 bits per heavy atom. The van der Waals surface area contributed by atoms with Crippen molar-refractivity contribution in [3.05, 3.63) is 41.8 Å². The second-order valence-electron chi connectivity index (χ2n) is 6.05. The largest absolute Gasteiger partial charge is 0.324 e. The zero-order chi connectivity index (χ0) is 16.9. The Kier molecular flexibility index (Phi) is 5.54. The lowest BCUT2D eigenvalue weighted by atomic mass is 9.83. The Morgan fingerprint density at radius 3 is 2.43 bits per heavy atom. The molecular formula is C16H24N2O4S+2. The highest BCUT2D eigenvalue weighted by molar-refractivity contribution is 7.84. The summed E-state index contributed by atoms with van der Waals surface area (Å²) in [7, 11) is -2.22. The molecule has 1 fully saturated rings. The number of primary sulfonamides is 1. The van der Waals surface area contributed by atoms with E-state index in [9.17, 15) is 13.3 Å². The number of nitrogens with zero attached hydrogens (tertiary/aromatic N) is 1. The average Bonchev–Trinajstić information content (AvgIpc) is 3.02. The van der Waals surface area contributed by atoms with Crippen LogP contribution in [-0.4, -0.2) is 27.0 Å². The zero-order valence-corrected chi connectivity index (χ0v) is 14.2. The van der Waals surface area contributed by atoms with E-state index in [0.29, 0.717) is 11.5 Å². The van der Waals surface area contributed by atoms with Crippen LogP contribution in [0.4, 0.5) is 5.69 Å². The monoisotopic (exact) mass is 340 g/mol. The SMILES string of the molecule is C=CCC1(C[NH2+]S(=O)(=O)c2ccc([N+](=O)OC)cc2)CCCC1. The maximum atomic E-state index is 12.5. The van der Waals surface area contributed by atoms with Gasteiger partial charge in [0.1, 0.15) is 4.90 Å². The molecule has 0 bridgehead atoms. The van der Waals surface area contributed by atoms with E-state index in [1.807, 2.05) is 6.08 Å². The van der Waals surface area contributed by atoms with Crippen LogP contribution in [-0.2, 0) is 14.9 Å². The van der Waals surface area contributed by atoms with Gasteiger partial charge in [0.25, 0.3) is 4.92 Å². The van der Waals surface area contributed by atoms with Crippen molar-refractivity contribution in [3.63, 3.8) is 0 Å². The molecule has 0 aliphatic heterocycles. The molecule has 1 saturated carbocycles. The molecule has 0 spiro atoms. The van der Waals surface area contributed by atoms with Crippen LogP contribution in [0.3, 0.4) is 0 Å². The van der Waals surface area contributed by atoms with Crippen LogP contribution in [0.5, 0.6) is 0 Å². The second kappa shape index (κ2) is 7.23. The number of hydrogen-bond donors (Lipinski definition) is 1. The molecule has 6 nitrogen and oxygen atoms in total. The van der Waals surface area contributed by atoms with Crippen molar-refractivity contribution in [1.82, 2.24) is 0 Å². The highest BCUT2D eigenvalue weighted by Crippen LogP contribution is 2.40. The number of rotatable bonds is 8. The van der Waals surface area contributed by atoms with Crippen molar-refractivity contribution in [1.29, 1.82) is 0 Å². The summed E-state index contributed by atoms with van der Waals surface area (Å²) in [4.78, 5) is 16.4. The van der Waals surface area contributed by atoms with E-state index in [2.05, 4.69) is 11.4 Å². The van der Waals surface area contributed by atoms with Crippen LogP contribution >= 0.6 is 0 Å². The summed E-state index contributed by atoms with van der Waals surface area (Å²) in [6.07, 6.45) is 7.11. The van der Waals surface area contributed by atoms with Crippen LogP contribution < -0.4 is 4.72 Å². The molecule has 1 aromatic carbocycles. The fourth-order valence-corrected chi connectivity index (χ4v) is 4.45. The van der Waals surface area contributed by atoms with Gasteiger partial charge in [-0.25, -0.2) is 9.56 Å². The highest BCUT2D eigenvalue weighted by atomic mass is 32.2. The molecular weight excluding hydrogens is 316 g/mol. The van der Waals surface area contributed by atoms with E-state index in [1.54, 1.807) is 0 Å². The molecule has 7 heteroatoms. The second-order valence-corrected chi connectivity index (χ2v) is 7.94. The molecule has 2 N–H and O–H groups in total. The first-order chi connectivity index (χ1) is 10.9. The van der Waals surface area contributed by atoms with E-state index in [0.717, 1.165) is 32.1 Å². The molecule has 0 unspecified atom stereocenters. The number of allylic oxidation sites excluding steroid dienone is 1. The minimum absolute atomic E-state index is 0.0383. The van der Waals surface area contributed by atoms with Gasteiger partial charge in [-0.1, -0.05) is 18.9 Å². The molecule has 0 radical (unpaired) electrons. The maximum absolute atomic E-state index is 12.5. The van der Waals surface area contributed by atoms with Crippen molar-refractivity contribution in [2.75, 3.05) is 13.7 Å². The first kappa shape index (κ1) is 17.6. The van der Waals surface area contributed by atoms with Crippen molar-refractivity contribution in [2.24, 2.45) is 5.41 Å². The Morgan fingerprint density at radius 1 is 1.30 bits per heavy atom. The molecule has 0 amide bonds. The standard InChI is InChI=1S/C16H23N2O4S/c1-3-10-16(11-4-5-12-16)13-17-23(20,21)15-8-6-14(7-9-15)18(19)22-2/h3,6-9,17H,1,4-5,10-13H2,2H3/q+1/p+1. The van der Waals surface area contributed by atoms with Crippen molar-refractivity contribution < 1.29 is 22.9 Å². The Hall–Kier alpha value is -1.73. The number of benzene rings is 1. The van der Waals surface area contributed by atoms with Gasteiger partial charge >= 0.3 is 15.7 Å². The first-order valence-corrected chi connectivity index (χ1v) is 9.28. The van der Waals surface area contributed by atoms with Crippen LogP contribution in [0.25, 0.3) is 0 Å². The van der Waals surface area contributed by atoms with E-state index >= 15 is 0 Å². The summed E-state index contributed by atoms with van der Waals surface area (Å²) >= 11 is 0. The normalized spacial score (nSPS) is 16.9. The molecule has 0 aromatic heterocycles. The number of nitrogens with two attached hydrogens (primary N) is 1. The first-order valence-electron chi connectivity index (χ1n) is 7.73. The van der Waals surface area contributed by atoms with E-state index in [-0.39, 0.29) is 16.0 Å². The minimum atomic E-state index is -3.47. The maximum Gasteiger partial charge on any atom is 0.324 e. The van der Waals surface area contributed by atoms with Crippen LogP contribution in [0, 0.1) is 10.3 Å². The molecule has 1 aliphatic rings. The number of sulfonamides is 1. The lowest BCUT2D eigenvalue weighted by molar-refractivity contribution is -0.736. The van der Waals surface area contributed by atoms with Gasteiger partial charge in [-0.05, 0) is 31.4 Å². The molecule has 2 rings (SSSR count). The van der Waals surface area contributed by atoms with Gasteiger partial charge in [-0.3, -0.25) is 0 Å². The number of hydrogen-bond acceptors (Lipinski definition) is 4. The molecule has 0 saturated heterocycles. The highest BCUT2D eigenvalue weighted by Gasteiger charge is 2.36. The minimum Gasteiger partial charge on any atom is -0.236 e. The fraction of sp³-hybridized carbons (Fsp3) is 0.500. The Balaban J connectivity index is 2.09. The molecule has 23 heavy (non-hydrogen) atoms. The third-order valence-electron chi connectivity index (χ3n) is 4.52. The fourth-order valence-electron chi connectivity index (χ4n) is 3.17. The molecule has 0 heterocycles. The molecule has 1 aliphatic carbocycles. The van der Waals surface area contributed by atoms with Crippen LogP contribution in [0.2, 0.25) is 0 Å². The summed E-state index contributed by atoms with van der Waals surface area (Å²) in [6.45, 7) is 4.33. The summed E-state index contributed by atoms with van der Waals surface area (Å²) in [5.74, 6) is 0. The van der Waals surface area contributed by atoms with Gasteiger partial charge in [0.15, 0.2) is 7.11 Å². The van der Waals surface area contributed by atoms with Gasteiger partial charge in [-0.2, -0.15) is 8.42 Å². The van der Waals surface area contributed by atoms with E-state index in [1.165, 1.54) is 36.1 Å². The number of quaternary nitrogens is 1. The van der Waals surface area contributed by atoms with Gasteiger partial charge in [0.05, 0.1) is 11.5 Å². The summed E-state index contributed by atoms with van der Waals surface area (Å²) < 4.78 is 26.4. The molecule has 0 atom stereocenters. The lowest BCUT2D eigenvalue weighted by Gasteiger charge is -2.25. The quantitative estimate of drug-likeness (QED) is 0.580. The zero-order valence-electron chi connectivity index (χ0n) is 13.4. The Labute approximate surface area is 137 Å². The van der Waals surface area contributed by atoms with Gasteiger partial charge in [0.2, 0.25) is 0 Å². The average molecular weight is 340 g/mol. The van der Waals surface area contributed by atoms with Crippen LogP contribution in [0.15, 0.2) is 41.8 Å².